The summed E-state index contributed by atoms with van der Waals surface area (Å²) in [5, 5.41) is 0. The maximum Gasteiger partial charge on any atom is 0.255 e. The van der Waals surface area contributed by atoms with Gasteiger partial charge in [-0.25, -0.2) is 0 Å². The lowest BCUT2D eigenvalue weighted by atomic mass is 9.93. The zero-order chi connectivity index (χ0) is 25.0. The van der Waals surface area contributed by atoms with Gasteiger partial charge in [0.05, 0.1) is 0 Å². The molecule has 0 spiro atoms. The van der Waals surface area contributed by atoms with E-state index in [0.717, 1.165) is 5.56 Å². The topological polar surface area (TPSA) is 52.3 Å². The van der Waals surface area contributed by atoms with Crippen LogP contribution in [0, 0.1) is 20.8 Å². The van der Waals surface area contributed by atoms with E-state index in [9.17, 15) is 4.79 Å². The summed E-state index contributed by atoms with van der Waals surface area (Å²) in [5.74, 6) is 0.163. The van der Waals surface area contributed by atoms with Crippen molar-refractivity contribution in [1.29, 1.82) is 0 Å². The molecule has 1 amide bonds. The molecule has 3 heteroatoms. The molecular formula is C28H47NO2. The summed E-state index contributed by atoms with van der Waals surface area (Å²) in [6.45, 7) is 24.4. The molecule has 0 aliphatic heterocycles. The fourth-order valence-electron chi connectivity index (χ4n) is 2.94. The molecule has 3 nitrogen and oxygen atoms in total. The van der Waals surface area contributed by atoms with E-state index in [1.807, 2.05) is 79.7 Å². The summed E-state index contributed by atoms with van der Waals surface area (Å²) < 4.78 is 5.27. The highest BCUT2D eigenvalue weighted by Crippen LogP contribution is 2.26. The molecule has 0 aromatic heterocycles. The minimum absolute atomic E-state index is 0.101. The molecule has 0 heterocycles. The van der Waals surface area contributed by atoms with Crippen molar-refractivity contribution in [2.24, 2.45) is 5.73 Å². The molecule has 0 aliphatic rings. The van der Waals surface area contributed by atoms with Gasteiger partial charge in [-0.3, -0.25) is 4.79 Å². The van der Waals surface area contributed by atoms with Crippen molar-refractivity contribution >= 4 is 17.6 Å². The number of benzene rings is 2. The monoisotopic (exact) mass is 429 g/mol. The zero-order valence-electron chi connectivity index (χ0n) is 22.1. The molecule has 0 saturated carbocycles. The highest BCUT2D eigenvalue weighted by atomic mass is 16.5. The van der Waals surface area contributed by atoms with Gasteiger partial charge in [-0.2, -0.15) is 0 Å². The van der Waals surface area contributed by atoms with Crippen molar-refractivity contribution in [1.82, 2.24) is 0 Å². The lowest BCUT2D eigenvalue weighted by molar-refractivity contribution is -0.119. The third-order valence-electron chi connectivity index (χ3n) is 3.72. The van der Waals surface area contributed by atoms with Crippen LogP contribution in [0.2, 0.25) is 0 Å². The van der Waals surface area contributed by atoms with Crippen LogP contribution in [0.25, 0.3) is 11.6 Å². The standard InChI is InChI=1S/C20H23NO2.4C2H6/c1-13-9-14(2)20(15(3)10-13)16(4)11-17-5-7-18(8-6-17)23-12-19(21)22;4*1-2/h5-11H,12H2,1-4H3,(H2,21,22);4*1-2H3/b16-11-;;;;. The first-order valence-corrected chi connectivity index (χ1v) is 11.6. The molecule has 0 aliphatic carbocycles. The summed E-state index contributed by atoms with van der Waals surface area (Å²) in [4.78, 5) is 10.7. The Morgan fingerprint density at radius 2 is 1.26 bits per heavy atom. The van der Waals surface area contributed by atoms with Gasteiger partial charge >= 0.3 is 0 Å². The molecule has 0 fully saturated rings. The largest absolute Gasteiger partial charge is 0.484 e. The number of carbonyl (C=O) groups excluding carboxylic acids is 1. The number of carbonyl (C=O) groups is 1. The van der Waals surface area contributed by atoms with Gasteiger partial charge < -0.3 is 10.5 Å². The molecule has 2 N–H and O–H groups in total. The highest BCUT2D eigenvalue weighted by Gasteiger charge is 2.06. The van der Waals surface area contributed by atoms with Crippen LogP contribution in [0.3, 0.4) is 0 Å². The summed E-state index contributed by atoms with van der Waals surface area (Å²) >= 11 is 0. The fraction of sp³-hybridized carbons (Fsp3) is 0.464. The molecule has 2 rings (SSSR count). The number of allylic oxidation sites excluding steroid dienone is 1. The van der Waals surface area contributed by atoms with Gasteiger partial charge in [0.1, 0.15) is 5.75 Å². The zero-order valence-corrected chi connectivity index (χ0v) is 22.1. The normalized spacial score (nSPS) is 9.23. The Hall–Kier alpha value is -2.55. The summed E-state index contributed by atoms with van der Waals surface area (Å²) in [7, 11) is 0. The van der Waals surface area contributed by atoms with Crippen LogP contribution >= 0.6 is 0 Å². The van der Waals surface area contributed by atoms with Gasteiger partial charge in [0, 0.05) is 0 Å². The number of ether oxygens (including phenoxy) is 1. The van der Waals surface area contributed by atoms with Gasteiger partial charge in [-0.1, -0.05) is 91.3 Å². The smallest absolute Gasteiger partial charge is 0.255 e. The number of nitrogens with two attached hydrogens (primary N) is 1. The fourth-order valence-corrected chi connectivity index (χ4v) is 2.94. The quantitative estimate of drug-likeness (QED) is 0.488. The van der Waals surface area contributed by atoms with Crippen molar-refractivity contribution in [3.05, 3.63) is 64.2 Å². The maximum absolute atomic E-state index is 10.7. The Labute approximate surface area is 192 Å². The number of hydrogen-bond acceptors (Lipinski definition) is 2. The van der Waals surface area contributed by atoms with Gasteiger partial charge in [0.15, 0.2) is 6.61 Å². The molecule has 0 saturated heterocycles. The van der Waals surface area contributed by atoms with Crippen molar-refractivity contribution in [2.75, 3.05) is 6.61 Å². The second kappa shape index (κ2) is 20.7. The van der Waals surface area contributed by atoms with E-state index < -0.39 is 5.91 Å². The number of primary amides is 1. The Balaban J connectivity index is -0.000000879. The van der Waals surface area contributed by atoms with Crippen LogP contribution in [-0.4, -0.2) is 12.5 Å². The minimum Gasteiger partial charge on any atom is -0.484 e. The van der Waals surface area contributed by atoms with Crippen LogP contribution in [-0.2, 0) is 4.79 Å². The lowest BCUT2D eigenvalue weighted by Crippen LogP contribution is -2.19. The average molecular weight is 430 g/mol. The number of aryl methyl sites for hydroxylation is 3. The van der Waals surface area contributed by atoms with Crippen molar-refractivity contribution < 1.29 is 9.53 Å². The summed E-state index contributed by atoms with van der Waals surface area (Å²) in [6.07, 6.45) is 2.16. The van der Waals surface area contributed by atoms with E-state index in [1.54, 1.807) is 0 Å². The molecule has 0 bridgehead atoms. The van der Waals surface area contributed by atoms with Crippen LogP contribution in [0.15, 0.2) is 36.4 Å². The van der Waals surface area contributed by atoms with Crippen LogP contribution in [0.5, 0.6) is 5.75 Å². The lowest BCUT2D eigenvalue weighted by Gasteiger charge is -2.12. The van der Waals surface area contributed by atoms with E-state index in [0.29, 0.717) is 5.75 Å². The number of amides is 1. The predicted molar refractivity (Wildman–Crippen MR) is 141 cm³/mol. The molecule has 2 aromatic rings. The third kappa shape index (κ3) is 13.4. The first kappa shape index (κ1) is 33.1. The Morgan fingerprint density at radius 3 is 1.65 bits per heavy atom. The van der Waals surface area contributed by atoms with Gasteiger partial charge in [-0.15, -0.1) is 0 Å². The van der Waals surface area contributed by atoms with Gasteiger partial charge in [0.25, 0.3) is 5.91 Å². The molecule has 0 atom stereocenters. The maximum atomic E-state index is 10.7. The molecular weight excluding hydrogens is 382 g/mol. The first-order valence-electron chi connectivity index (χ1n) is 11.6. The summed E-state index contributed by atoms with van der Waals surface area (Å²) in [5.41, 5.74) is 12.5. The molecule has 31 heavy (non-hydrogen) atoms. The van der Waals surface area contributed by atoms with Crippen LogP contribution < -0.4 is 10.5 Å². The van der Waals surface area contributed by atoms with Crippen molar-refractivity contribution in [3.63, 3.8) is 0 Å². The van der Waals surface area contributed by atoms with Crippen LogP contribution in [0.4, 0.5) is 0 Å². The minimum atomic E-state index is -0.477. The van der Waals surface area contributed by atoms with Gasteiger partial charge in [-0.05, 0) is 67.7 Å². The second-order valence-corrected chi connectivity index (χ2v) is 5.93. The summed E-state index contributed by atoms with van der Waals surface area (Å²) in [6, 6.07) is 12.0. The van der Waals surface area contributed by atoms with E-state index in [-0.39, 0.29) is 6.61 Å². The molecule has 0 unspecified atom stereocenters. The predicted octanol–water partition coefficient (Wildman–Crippen LogP) is 8.14. The van der Waals surface area contributed by atoms with E-state index in [1.165, 1.54) is 27.8 Å². The van der Waals surface area contributed by atoms with Crippen LogP contribution in [0.1, 0.15) is 90.1 Å². The Morgan fingerprint density at radius 1 is 0.839 bits per heavy atom. The van der Waals surface area contributed by atoms with E-state index in [4.69, 9.17) is 10.5 Å². The van der Waals surface area contributed by atoms with E-state index in [2.05, 4.69) is 45.9 Å². The Kier molecular flexibility index (Phi) is 22.1. The third-order valence-corrected chi connectivity index (χ3v) is 3.72. The first-order chi connectivity index (χ1) is 14.9. The van der Waals surface area contributed by atoms with E-state index >= 15 is 0 Å². The second-order valence-electron chi connectivity index (χ2n) is 5.93. The van der Waals surface area contributed by atoms with Crippen molar-refractivity contribution in [3.8, 4) is 5.75 Å². The van der Waals surface area contributed by atoms with Gasteiger partial charge in [0.2, 0.25) is 0 Å². The average Bonchev–Trinajstić information content (AvgIpc) is 2.78. The molecule has 176 valence electrons. The number of rotatable bonds is 5. The molecule has 2 aromatic carbocycles. The van der Waals surface area contributed by atoms with Crippen molar-refractivity contribution in [2.45, 2.75) is 83.1 Å². The Bertz CT molecular complexity index is 721. The SMILES string of the molecule is C/C(=C/c1ccc(OCC(N)=O)cc1)c1c(C)cc(C)cc1C.CC.CC.CC.CC. The highest BCUT2D eigenvalue weighted by molar-refractivity contribution is 5.83. The number of hydrogen-bond donors (Lipinski definition) is 1. The molecule has 0 radical (unpaired) electrons.